The van der Waals surface area contributed by atoms with E-state index in [-0.39, 0.29) is 39.9 Å². The molecule has 0 unspecified atom stereocenters. The number of halogens is 6. The zero-order chi connectivity index (χ0) is 44.5. The number of hydrogen-bond donors (Lipinski definition) is 4. The number of carbonyl (C=O) groups excluding carboxylic acids is 2. The van der Waals surface area contributed by atoms with E-state index in [9.17, 15) is 29.4 Å². The van der Waals surface area contributed by atoms with Crippen molar-refractivity contribution in [2.45, 2.75) is 105 Å². The van der Waals surface area contributed by atoms with Crippen LogP contribution in [0.3, 0.4) is 0 Å². The third-order valence-electron chi connectivity index (χ3n) is 11.6. The Morgan fingerprint density at radius 1 is 0.593 bits per heavy atom. The van der Waals surface area contributed by atoms with Crippen LogP contribution in [-0.4, -0.2) is 51.7 Å². The summed E-state index contributed by atoms with van der Waals surface area (Å²) >= 11 is 0. The number of aromatic carboxylic acids is 2. The first kappa shape index (κ1) is 46.2. The second-order valence-electron chi connectivity index (χ2n) is 15.7. The smallest absolute Gasteiger partial charge is 0.411 e. The molecule has 4 rings (SSSR count). The van der Waals surface area contributed by atoms with E-state index in [1.54, 1.807) is 27.7 Å². The number of rotatable bonds is 15. The Balaban J connectivity index is 1.88. The molecule has 0 atom stereocenters. The summed E-state index contributed by atoms with van der Waals surface area (Å²) in [4.78, 5) is 52.0. The van der Waals surface area contributed by atoms with Crippen LogP contribution >= 0.6 is 0 Å². The second kappa shape index (κ2) is 17.0. The van der Waals surface area contributed by atoms with Gasteiger partial charge in [-0.25, -0.2) is 9.59 Å². The van der Waals surface area contributed by atoms with E-state index in [0.717, 1.165) is 30.3 Å². The van der Waals surface area contributed by atoms with Crippen LogP contribution in [0.4, 0.5) is 32.0 Å². The molecular formula is C45H48F6N2O6. The highest BCUT2D eigenvalue weighted by Gasteiger charge is 2.72. The van der Waals surface area contributed by atoms with Crippen molar-refractivity contribution in [3.63, 3.8) is 0 Å². The number of nitrogens with one attached hydrogen (secondary N) is 2. The Morgan fingerprint density at radius 2 is 1.07 bits per heavy atom. The van der Waals surface area contributed by atoms with Gasteiger partial charge in [0.05, 0.1) is 16.7 Å². The van der Waals surface area contributed by atoms with Crippen molar-refractivity contribution >= 4 is 29.3 Å². The molecule has 0 heterocycles. The molecule has 0 spiro atoms. The molecule has 4 aromatic rings. The van der Waals surface area contributed by atoms with E-state index in [1.807, 2.05) is 20.8 Å². The molecule has 0 aromatic heterocycles. The number of alkyl halides is 6. The van der Waals surface area contributed by atoms with Crippen LogP contribution in [0.15, 0.2) is 72.8 Å². The van der Waals surface area contributed by atoms with Crippen LogP contribution in [0.5, 0.6) is 0 Å². The number of carboxylic acids is 2. The highest BCUT2D eigenvalue weighted by atomic mass is 19.4. The molecule has 0 aliphatic carbocycles. The number of amides is 1. The Kier molecular flexibility index (Phi) is 13.3. The first-order valence-corrected chi connectivity index (χ1v) is 19.0. The van der Waals surface area contributed by atoms with Crippen LogP contribution < -0.4 is 10.6 Å². The predicted octanol–water partition coefficient (Wildman–Crippen LogP) is 11.3. The van der Waals surface area contributed by atoms with Gasteiger partial charge in [-0.05, 0) is 116 Å². The monoisotopic (exact) mass is 826 g/mol. The Hall–Kier alpha value is -5.50. The predicted molar refractivity (Wildman–Crippen MR) is 213 cm³/mol. The molecule has 59 heavy (non-hydrogen) atoms. The van der Waals surface area contributed by atoms with Gasteiger partial charge >= 0.3 is 24.3 Å². The van der Waals surface area contributed by atoms with Gasteiger partial charge in [-0.2, -0.15) is 26.3 Å². The number of carbonyl (C=O) groups is 4. The molecule has 4 N–H and O–H groups in total. The molecule has 8 nitrogen and oxygen atoms in total. The molecule has 0 aliphatic heterocycles. The minimum absolute atomic E-state index is 0.00925. The van der Waals surface area contributed by atoms with E-state index in [1.165, 1.54) is 37.3 Å². The first-order valence-electron chi connectivity index (χ1n) is 19.0. The third-order valence-corrected chi connectivity index (χ3v) is 11.6. The van der Waals surface area contributed by atoms with Gasteiger partial charge in [0.25, 0.3) is 5.91 Å². The fourth-order valence-electron chi connectivity index (χ4n) is 6.81. The van der Waals surface area contributed by atoms with Crippen LogP contribution in [0.25, 0.3) is 11.1 Å². The lowest BCUT2D eigenvalue weighted by Crippen LogP contribution is -2.55. The van der Waals surface area contributed by atoms with Gasteiger partial charge in [0.1, 0.15) is 0 Å². The summed E-state index contributed by atoms with van der Waals surface area (Å²) < 4.78 is 91.9. The maximum atomic E-state index is 15.3. The minimum Gasteiger partial charge on any atom is -0.478 e. The van der Waals surface area contributed by atoms with Gasteiger partial charge in [-0.15, -0.1) is 0 Å². The van der Waals surface area contributed by atoms with Gasteiger partial charge in [-0.3, -0.25) is 9.59 Å². The summed E-state index contributed by atoms with van der Waals surface area (Å²) in [6.07, 6.45) is -10.4. The molecule has 0 radical (unpaired) electrons. The number of ketones is 1. The van der Waals surface area contributed by atoms with Gasteiger partial charge in [0.2, 0.25) is 5.41 Å². The van der Waals surface area contributed by atoms with Crippen molar-refractivity contribution in [3.05, 3.63) is 123 Å². The molecule has 0 saturated heterocycles. The lowest BCUT2D eigenvalue weighted by atomic mass is 9.72. The summed E-state index contributed by atoms with van der Waals surface area (Å²) in [6, 6.07) is 12.6. The van der Waals surface area contributed by atoms with Crippen LogP contribution in [0.2, 0.25) is 0 Å². The van der Waals surface area contributed by atoms with E-state index in [2.05, 4.69) is 10.6 Å². The Bertz CT molecular complexity index is 2260. The van der Waals surface area contributed by atoms with E-state index < -0.39 is 80.3 Å². The molecule has 0 bridgehead atoms. The van der Waals surface area contributed by atoms with Gasteiger partial charge in [-0.1, -0.05) is 70.2 Å². The summed E-state index contributed by atoms with van der Waals surface area (Å²) in [7, 11) is 0. The van der Waals surface area contributed by atoms with Crippen LogP contribution in [-0.2, 0) is 12.0 Å². The number of benzene rings is 4. The molecule has 1 amide bonds. The highest BCUT2D eigenvalue weighted by Crippen LogP contribution is 2.57. The van der Waals surface area contributed by atoms with Crippen molar-refractivity contribution in [1.29, 1.82) is 0 Å². The Morgan fingerprint density at radius 3 is 1.54 bits per heavy atom. The number of Topliss-reactive ketones (excluding diaryl/α,β-unsaturated/α-hetero) is 1. The summed E-state index contributed by atoms with van der Waals surface area (Å²) in [5.74, 6) is -4.53. The molecule has 4 aromatic carbocycles. The van der Waals surface area contributed by atoms with Crippen molar-refractivity contribution in [3.8, 4) is 11.1 Å². The molecule has 0 fully saturated rings. The van der Waals surface area contributed by atoms with Crippen molar-refractivity contribution in [2.75, 3.05) is 5.32 Å². The summed E-state index contributed by atoms with van der Waals surface area (Å²) in [5, 5.41) is 25.4. The van der Waals surface area contributed by atoms with Crippen molar-refractivity contribution in [1.82, 2.24) is 5.32 Å². The molecule has 14 heteroatoms. The quantitative estimate of drug-likeness (QED) is 0.0693. The summed E-state index contributed by atoms with van der Waals surface area (Å²) in [6.45, 7) is 13.8. The lowest BCUT2D eigenvalue weighted by Gasteiger charge is -2.39. The average molecular weight is 827 g/mol. The Labute approximate surface area is 339 Å². The maximum absolute atomic E-state index is 15.3. The van der Waals surface area contributed by atoms with E-state index >= 15 is 26.3 Å². The van der Waals surface area contributed by atoms with E-state index in [0.29, 0.717) is 37.0 Å². The fourth-order valence-corrected chi connectivity index (χ4v) is 6.81. The lowest BCUT2D eigenvalue weighted by molar-refractivity contribution is -0.288. The van der Waals surface area contributed by atoms with Crippen molar-refractivity contribution < 1.29 is 55.7 Å². The number of anilines is 1. The normalized spacial score (nSPS) is 12.6. The van der Waals surface area contributed by atoms with Crippen LogP contribution in [0, 0.1) is 19.3 Å². The van der Waals surface area contributed by atoms with Crippen molar-refractivity contribution in [2.24, 2.45) is 5.41 Å². The number of hydrogen-bond acceptors (Lipinski definition) is 5. The van der Waals surface area contributed by atoms with Crippen LogP contribution in [0.1, 0.15) is 130 Å². The van der Waals surface area contributed by atoms with Gasteiger partial charge in [0.15, 0.2) is 5.78 Å². The minimum atomic E-state index is -5.93. The zero-order valence-corrected chi connectivity index (χ0v) is 34.1. The average Bonchev–Trinajstić information content (AvgIpc) is 3.17. The van der Waals surface area contributed by atoms with Gasteiger partial charge < -0.3 is 20.8 Å². The topological polar surface area (TPSA) is 133 Å². The SMILES string of the molecule is CCC(C)(C)NCc1cc(C(c2ccc(C)c(NC(=O)c3cc(-c4ccc(C(=O)O)c(C(=O)C(C)(CC)CC)c4)ccc3C(=O)O)c2)(C(F)(F)F)C(F)(F)F)ccc1C. The fraction of sp³-hybridized carbons (Fsp3) is 0.378. The second-order valence-corrected chi connectivity index (χ2v) is 15.7. The third kappa shape index (κ3) is 9.07. The van der Waals surface area contributed by atoms with Gasteiger partial charge in [0, 0.05) is 28.7 Å². The largest absolute Gasteiger partial charge is 0.478 e. The van der Waals surface area contributed by atoms with E-state index in [4.69, 9.17) is 0 Å². The highest BCUT2D eigenvalue weighted by molar-refractivity contribution is 6.12. The zero-order valence-electron chi connectivity index (χ0n) is 34.1. The maximum Gasteiger partial charge on any atom is 0.411 e. The standard InChI is InChI=1S/C45H48F6N2O6/c1-9-41(6,7)52-24-29-20-30(16-12-25(29)4)43(44(46,47)48,45(49,50)51)31-17-13-26(5)36(23-31)53-38(55)35-22-28(15-19-33(35)40(58)59)27-14-18-32(39(56)57)34(21-27)37(54)42(8,10-2)11-3/h12-23,52H,9-11,24H2,1-8H3,(H,53,55)(H,56,57)(H,58,59). The molecular weight excluding hydrogens is 778 g/mol. The number of carboxylic acid groups (broad SMARTS) is 2. The molecule has 0 aliphatic rings. The number of aryl methyl sites for hydroxylation is 2. The molecule has 0 saturated carbocycles. The molecule has 316 valence electrons. The first-order chi connectivity index (χ1) is 27.3. The summed E-state index contributed by atoms with van der Waals surface area (Å²) in [5.41, 5.74) is -8.93.